The number of hydrogen-bond acceptors (Lipinski definition) is 0. The van der Waals surface area contributed by atoms with Crippen molar-refractivity contribution in [3.05, 3.63) is 76.3 Å². The third-order valence-electron chi connectivity index (χ3n) is 3.57. The lowest BCUT2D eigenvalue weighted by Gasteiger charge is -2.16. The summed E-state index contributed by atoms with van der Waals surface area (Å²) < 4.78 is 1.15. The average Bonchev–Trinajstić information content (AvgIpc) is 2.90. The van der Waals surface area contributed by atoms with Crippen molar-refractivity contribution in [1.29, 1.82) is 0 Å². The lowest BCUT2D eigenvalue weighted by molar-refractivity contribution is 0.811. The summed E-state index contributed by atoms with van der Waals surface area (Å²) in [5, 5.41) is 0. The molecule has 0 nitrogen and oxygen atoms in total. The van der Waals surface area contributed by atoms with E-state index in [4.69, 9.17) is 0 Å². The van der Waals surface area contributed by atoms with Crippen LogP contribution in [0.25, 0.3) is 5.57 Å². The van der Waals surface area contributed by atoms with Gasteiger partial charge in [0.1, 0.15) is 0 Å². The van der Waals surface area contributed by atoms with Gasteiger partial charge in [-0.15, -0.1) is 0 Å². The summed E-state index contributed by atoms with van der Waals surface area (Å²) >= 11 is 3.50. The third-order valence-corrected chi connectivity index (χ3v) is 4.10. The Labute approximate surface area is 116 Å². The zero-order chi connectivity index (χ0) is 12.4. The van der Waals surface area contributed by atoms with Crippen LogP contribution in [0.15, 0.2) is 65.1 Å². The molecule has 18 heavy (non-hydrogen) atoms. The second kappa shape index (κ2) is 5.11. The minimum atomic E-state index is 0.556. The van der Waals surface area contributed by atoms with E-state index in [1.54, 1.807) is 0 Å². The van der Waals surface area contributed by atoms with Crippen molar-refractivity contribution < 1.29 is 0 Å². The highest BCUT2D eigenvalue weighted by molar-refractivity contribution is 9.10. The van der Waals surface area contributed by atoms with Crippen LogP contribution < -0.4 is 0 Å². The van der Waals surface area contributed by atoms with Gasteiger partial charge in [0.05, 0.1) is 0 Å². The molecule has 2 aromatic carbocycles. The fourth-order valence-electron chi connectivity index (χ4n) is 2.69. The first-order valence-corrected chi connectivity index (χ1v) is 7.15. The van der Waals surface area contributed by atoms with Gasteiger partial charge in [0.15, 0.2) is 0 Å². The van der Waals surface area contributed by atoms with Crippen LogP contribution in [0, 0.1) is 0 Å². The summed E-state index contributed by atoms with van der Waals surface area (Å²) in [5.41, 5.74) is 4.27. The first-order chi connectivity index (χ1) is 8.84. The van der Waals surface area contributed by atoms with Gasteiger partial charge in [-0.25, -0.2) is 0 Å². The molecule has 1 atom stereocenters. The van der Waals surface area contributed by atoms with E-state index < -0.39 is 0 Å². The van der Waals surface area contributed by atoms with Gasteiger partial charge < -0.3 is 0 Å². The van der Waals surface area contributed by atoms with Crippen LogP contribution in [0.4, 0.5) is 0 Å². The summed E-state index contributed by atoms with van der Waals surface area (Å²) in [5.74, 6) is 0.556. The summed E-state index contributed by atoms with van der Waals surface area (Å²) in [6.07, 6.45) is 4.80. The second-order valence-corrected chi connectivity index (χ2v) is 5.62. The molecule has 0 saturated heterocycles. The molecule has 0 aliphatic heterocycles. The molecule has 90 valence electrons. The third kappa shape index (κ3) is 2.28. The number of allylic oxidation sites excluding steroid dienone is 2. The second-order valence-electron chi connectivity index (χ2n) is 4.71. The first kappa shape index (κ1) is 11.7. The Morgan fingerprint density at radius 3 is 2.33 bits per heavy atom. The predicted octanol–water partition coefficient (Wildman–Crippen LogP) is 5.41. The molecule has 0 radical (unpaired) electrons. The molecule has 0 unspecified atom stereocenters. The van der Waals surface area contributed by atoms with Crippen LogP contribution in [0.5, 0.6) is 0 Å². The molecule has 0 aromatic heterocycles. The van der Waals surface area contributed by atoms with Crippen molar-refractivity contribution in [3.63, 3.8) is 0 Å². The van der Waals surface area contributed by atoms with Crippen molar-refractivity contribution in [3.8, 4) is 0 Å². The average molecular weight is 299 g/mol. The van der Waals surface area contributed by atoms with Gasteiger partial charge in [-0.1, -0.05) is 64.5 Å². The molecular formula is C17H15Br. The number of hydrogen-bond donors (Lipinski definition) is 0. The molecule has 2 aromatic rings. The highest BCUT2D eigenvalue weighted by Crippen LogP contribution is 2.41. The lowest BCUT2D eigenvalue weighted by Crippen LogP contribution is -1.97. The molecule has 0 amide bonds. The van der Waals surface area contributed by atoms with Crippen LogP contribution in [0.3, 0.4) is 0 Å². The zero-order valence-corrected chi connectivity index (χ0v) is 11.7. The molecule has 1 heteroatoms. The molecule has 0 fully saturated rings. The molecule has 0 bridgehead atoms. The van der Waals surface area contributed by atoms with E-state index in [1.807, 2.05) is 0 Å². The van der Waals surface area contributed by atoms with E-state index in [1.165, 1.54) is 29.5 Å². The fraction of sp³-hybridized carbons (Fsp3) is 0.176. The highest BCUT2D eigenvalue weighted by atomic mass is 79.9. The van der Waals surface area contributed by atoms with Crippen molar-refractivity contribution >= 4 is 21.5 Å². The molecular weight excluding hydrogens is 284 g/mol. The zero-order valence-electron chi connectivity index (χ0n) is 10.1. The SMILES string of the molecule is Brc1ccc([C@@H]2CCC=C2c2ccccc2)cc1. The smallest absolute Gasteiger partial charge is 0.0175 e. The van der Waals surface area contributed by atoms with Gasteiger partial charge in [0.2, 0.25) is 0 Å². The highest BCUT2D eigenvalue weighted by Gasteiger charge is 2.21. The standard InChI is InChI=1S/C17H15Br/c18-15-11-9-14(10-12-15)17-8-4-7-16(17)13-5-2-1-3-6-13/h1-3,5-7,9-12,17H,4,8H2/t17-/m0/s1. The van der Waals surface area contributed by atoms with Crippen molar-refractivity contribution in [2.24, 2.45) is 0 Å². The minimum absolute atomic E-state index is 0.556. The Morgan fingerprint density at radius 1 is 0.889 bits per heavy atom. The maximum absolute atomic E-state index is 3.50. The summed E-state index contributed by atoms with van der Waals surface area (Å²) in [7, 11) is 0. The van der Waals surface area contributed by atoms with E-state index in [-0.39, 0.29) is 0 Å². The Kier molecular flexibility index (Phi) is 3.33. The van der Waals surface area contributed by atoms with Crippen LogP contribution in [-0.4, -0.2) is 0 Å². The van der Waals surface area contributed by atoms with Crippen LogP contribution in [-0.2, 0) is 0 Å². The Balaban J connectivity index is 1.94. The molecule has 0 saturated carbocycles. The van der Waals surface area contributed by atoms with Crippen molar-refractivity contribution in [2.45, 2.75) is 18.8 Å². The topological polar surface area (TPSA) is 0 Å². The molecule has 0 heterocycles. The largest absolute Gasteiger partial charge is 0.0801 e. The number of rotatable bonds is 2. The van der Waals surface area contributed by atoms with E-state index in [9.17, 15) is 0 Å². The van der Waals surface area contributed by atoms with Gasteiger partial charge in [0, 0.05) is 10.4 Å². The summed E-state index contributed by atoms with van der Waals surface area (Å²) in [6, 6.07) is 19.5. The molecule has 3 rings (SSSR count). The Hall–Kier alpha value is -1.34. The van der Waals surface area contributed by atoms with Crippen molar-refractivity contribution in [1.82, 2.24) is 0 Å². The van der Waals surface area contributed by atoms with E-state index in [0.29, 0.717) is 5.92 Å². The van der Waals surface area contributed by atoms with Crippen LogP contribution in [0.2, 0.25) is 0 Å². The molecule has 0 N–H and O–H groups in total. The van der Waals surface area contributed by atoms with Gasteiger partial charge in [0.25, 0.3) is 0 Å². The maximum atomic E-state index is 3.50. The van der Waals surface area contributed by atoms with Gasteiger partial charge >= 0.3 is 0 Å². The quantitative estimate of drug-likeness (QED) is 0.695. The fourth-order valence-corrected chi connectivity index (χ4v) is 2.96. The van der Waals surface area contributed by atoms with Crippen LogP contribution >= 0.6 is 15.9 Å². The summed E-state index contributed by atoms with van der Waals surface area (Å²) in [4.78, 5) is 0. The first-order valence-electron chi connectivity index (χ1n) is 6.35. The normalized spacial score (nSPS) is 18.7. The molecule has 1 aliphatic rings. The molecule has 0 spiro atoms. The van der Waals surface area contributed by atoms with E-state index in [0.717, 1.165) is 4.47 Å². The van der Waals surface area contributed by atoms with E-state index in [2.05, 4.69) is 76.6 Å². The van der Waals surface area contributed by atoms with Gasteiger partial charge in [-0.3, -0.25) is 0 Å². The Morgan fingerprint density at radius 2 is 1.61 bits per heavy atom. The van der Waals surface area contributed by atoms with E-state index >= 15 is 0 Å². The van der Waals surface area contributed by atoms with Crippen molar-refractivity contribution in [2.75, 3.05) is 0 Å². The maximum Gasteiger partial charge on any atom is 0.0175 e. The minimum Gasteiger partial charge on any atom is -0.0801 e. The van der Waals surface area contributed by atoms with Gasteiger partial charge in [-0.2, -0.15) is 0 Å². The Bertz CT molecular complexity index is 552. The van der Waals surface area contributed by atoms with Crippen LogP contribution in [0.1, 0.15) is 29.9 Å². The number of benzene rings is 2. The van der Waals surface area contributed by atoms with Gasteiger partial charge in [-0.05, 0) is 41.7 Å². The number of halogens is 1. The summed E-state index contributed by atoms with van der Waals surface area (Å²) in [6.45, 7) is 0. The molecule has 1 aliphatic carbocycles. The monoisotopic (exact) mass is 298 g/mol. The lowest BCUT2D eigenvalue weighted by atomic mass is 9.89. The predicted molar refractivity (Wildman–Crippen MR) is 80.5 cm³/mol.